The molecule has 2 nitrogen and oxygen atoms in total. The van der Waals surface area contributed by atoms with Crippen LogP contribution in [0.25, 0.3) is 22.3 Å². The topological polar surface area (TPSA) is 6.48 Å². The van der Waals surface area contributed by atoms with Crippen molar-refractivity contribution >= 4 is 65.0 Å². The molecule has 0 spiro atoms. The maximum Gasteiger partial charge on any atom is -0.0359 e. The van der Waals surface area contributed by atoms with E-state index in [2.05, 4.69) is 289 Å². The van der Waals surface area contributed by atoms with E-state index in [4.69, 9.17) is 0 Å². The number of hydrogen-bond acceptors (Lipinski definition) is 2. The van der Waals surface area contributed by atoms with Gasteiger partial charge in [0.25, 0.3) is 0 Å². The zero-order valence-corrected chi connectivity index (χ0v) is 37.1. The van der Waals surface area contributed by atoms with Crippen molar-refractivity contribution in [3.8, 4) is 22.3 Å². The van der Waals surface area contributed by atoms with Gasteiger partial charge in [-0.25, -0.2) is 0 Å². The summed E-state index contributed by atoms with van der Waals surface area (Å²) in [4.78, 5) is 4.61. The van der Waals surface area contributed by atoms with E-state index in [1.165, 1.54) is 39.8 Å². The van der Waals surface area contributed by atoms with Crippen LogP contribution >= 0.6 is 0 Å². The van der Waals surface area contributed by atoms with Gasteiger partial charge in [-0.05, 0) is 60.7 Å². The molecule has 0 aliphatic rings. The van der Waals surface area contributed by atoms with E-state index in [1.54, 1.807) is 0 Å². The van der Waals surface area contributed by atoms with Crippen molar-refractivity contribution in [2.24, 2.45) is 0 Å². The van der Waals surface area contributed by atoms with Crippen molar-refractivity contribution < 1.29 is 0 Å². The second-order valence-electron chi connectivity index (χ2n) is 15.7. The van der Waals surface area contributed by atoms with Crippen LogP contribution in [0.15, 0.2) is 279 Å². The first kappa shape index (κ1) is 39.5. The van der Waals surface area contributed by atoms with Crippen molar-refractivity contribution in [2.45, 2.75) is 0 Å². The van der Waals surface area contributed by atoms with Gasteiger partial charge >= 0.3 is 223 Å². The Labute approximate surface area is 374 Å². The second-order valence-corrected chi connectivity index (χ2v) is 23.7. The first-order valence-electron chi connectivity index (χ1n) is 21.6. The number of anilines is 6. The molecule has 3 heteroatoms. The van der Waals surface area contributed by atoms with Crippen LogP contribution in [0.3, 0.4) is 0 Å². The molecule has 0 atom stereocenters. The predicted molar refractivity (Wildman–Crippen MR) is 270 cm³/mol. The molecule has 0 saturated carbocycles. The Morgan fingerprint density at radius 3 is 0.651 bits per heavy atom. The summed E-state index contributed by atoms with van der Waals surface area (Å²) >= 11 is -3.31. The van der Waals surface area contributed by atoms with Crippen molar-refractivity contribution in [1.29, 1.82) is 0 Å². The van der Waals surface area contributed by atoms with Gasteiger partial charge in [0.05, 0.1) is 0 Å². The Balaban J connectivity index is 0.930. The van der Waals surface area contributed by atoms with Crippen molar-refractivity contribution in [3.63, 3.8) is 0 Å². The van der Waals surface area contributed by atoms with E-state index < -0.39 is 13.3 Å². The molecule has 0 amide bonds. The van der Waals surface area contributed by atoms with E-state index >= 15 is 0 Å². The Hall–Kier alpha value is -7.66. The molecule has 0 aliphatic heterocycles. The number of benzene rings is 10. The molecule has 10 rings (SSSR count). The van der Waals surface area contributed by atoms with E-state index in [0.29, 0.717) is 0 Å². The normalized spacial score (nSPS) is 11.2. The van der Waals surface area contributed by atoms with Gasteiger partial charge in [0, 0.05) is 28.4 Å². The zero-order valence-electron chi connectivity index (χ0n) is 35.0. The van der Waals surface area contributed by atoms with Crippen molar-refractivity contribution in [1.82, 2.24) is 0 Å². The van der Waals surface area contributed by atoms with E-state index in [-0.39, 0.29) is 0 Å². The summed E-state index contributed by atoms with van der Waals surface area (Å²) < 4.78 is 5.70. The molecule has 0 fully saturated rings. The minimum Gasteiger partial charge on any atom is -0.0602 e. The van der Waals surface area contributed by atoms with Gasteiger partial charge in [0.15, 0.2) is 0 Å². The van der Waals surface area contributed by atoms with Gasteiger partial charge in [-0.1, -0.05) is 54.6 Å². The summed E-state index contributed by atoms with van der Waals surface area (Å²) in [5, 5.41) is 0. The number of rotatable bonds is 12. The summed E-state index contributed by atoms with van der Waals surface area (Å²) in [7, 11) is 0. The maximum atomic E-state index is 2.39. The Morgan fingerprint density at radius 1 is 0.175 bits per heavy atom. The molecule has 10 aromatic carbocycles. The average molecular weight is 868 g/mol. The van der Waals surface area contributed by atoms with Gasteiger partial charge < -0.3 is 9.80 Å². The van der Waals surface area contributed by atoms with Crippen LogP contribution in [0.1, 0.15) is 0 Å². The molecule has 63 heavy (non-hydrogen) atoms. The van der Waals surface area contributed by atoms with Crippen LogP contribution in [0, 0.1) is 0 Å². The smallest absolute Gasteiger partial charge is 0.0359 e. The summed E-state index contributed by atoms with van der Waals surface area (Å²) in [6, 6.07) is 101. The molecular formula is C60H46GeN2. The molecule has 0 aliphatic carbocycles. The third-order valence-corrected chi connectivity index (χ3v) is 22.1. The average Bonchev–Trinajstić information content (AvgIpc) is 3.37. The summed E-state index contributed by atoms with van der Waals surface area (Å²) in [5.74, 6) is 0. The van der Waals surface area contributed by atoms with Gasteiger partial charge in [-0.2, -0.15) is 0 Å². The van der Waals surface area contributed by atoms with Crippen LogP contribution in [0.5, 0.6) is 0 Å². The van der Waals surface area contributed by atoms with Crippen LogP contribution in [-0.4, -0.2) is 13.3 Å². The monoisotopic (exact) mass is 868 g/mol. The fraction of sp³-hybridized carbons (Fsp3) is 0. The first-order valence-corrected chi connectivity index (χ1v) is 25.8. The molecule has 0 heterocycles. The van der Waals surface area contributed by atoms with Crippen LogP contribution < -0.4 is 27.4 Å². The van der Waals surface area contributed by atoms with Crippen LogP contribution in [0.4, 0.5) is 34.1 Å². The second kappa shape index (κ2) is 18.1. The Kier molecular flexibility index (Phi) is 11.4. The molecule has 0 bridgehead atoms. The first-order chi connectivity index (χ1) is 31.3. The van der Waals surface area contributed by atoms with Gasteiger partial charge in [-0.15, -0.1) is 0 Å². The predicted octanol–water partition coefficient (Wildman–Crippen LogP) is 13.3. The van der Waals surface area contributed by atoms with E-state index in [0.717, 1.165) is 34.1 Å². The van der Waals surface area contributed by atoms with E-state index in [1.807, 2.05) is 0 Å². The Bertz CT molecular complexity index is 2840. The third-order valence-electron chi connectivity index (χ3n) is 12.0. The molecule has 0 unspecified atom stereocenters. The van der Waals surface area contributed by atoms with E-state index in [9.17, 15) is 0 Å². The fourth-order valence-corrected chi connectivity index (χ4v) is 19.0. The largest absolute Gasteiger partial charge is 0.0602 e. The molecule has 0 aromatic heterocycles. The summed E-state index contributed by atoms with van der Waals surface area (Å²) in [5.41, 5.74) is 11.4. The molecule has 10 aromatic rings. The minimum atomic E-state index is -3.31. The molecule has 300 valence electrons. The fourth-order valence-electron chi connectivity index (χ4n) is 9.01. The number of hydrogen-bond donors (Lipinski definition) is 0. The van der Waals surface area contributed by atoms with Gasteiger partial charge in [0.1, 0.15) is 0 Å². The molecular weight excluding hydrogens is 821 g/mol. The standard InChI is InChI=1S/C60H46GeN2/c1-7-19-51(20-8-1)61(52-21-9-2-10-22-52,53-23-11-3-12-24-53)54-39-35-49(36-40-54)47-31-33-48(34-32-47)50-37-41-58(42-38-50)63(57-29-17-6-18-30-57)60-45-43-59(44-46-60)62(55-25-13-4-14-26-55)56-27-15-5-16-28-56/h1-46H. The SMILES string of the molecule is c1ccc(N(c2ccccc2)c2ccc(N(c3ccccc3)c3ccc(-c4ccc(-c5cc[c]([Ge]([c]6ccccc6)([c]6ccccc6)[c]6ccccc6)cc5)cc4)cc3)cc2)cc1. The molecule has 0 radical (unpaired) electrons. The number of para-hydroxylation sites is 3. The van der Waals surface area contributed by atoms with Crippen molar-refractivity contribution in [2.75, 3.05) is 9.80 Å². The Morgan fingerprint density at radius 2 is 0.365 bits per heavy atom. The van der Waals surface area contributed by atoms with Crippen molar-refractivity contribution in [3.05, 3.63) is 279 Å². The molecule has 0 saturated heterocycles. The summed E-state index contributed by atoms with van der Waals surface area (Å²) in [6.45, 7) is 0. The van der Waals surface area contributed by atoms with Crippen LogP contribution in [-0.2, 0) is 0 Å². The minimum absolute atomic E-state index is 1.09. The van der Waals surface area contributed by atoms with Gasteiger partial charge in [-0.3, -0.25) is 0 Å². The third kappa shape index (κ3) is 8.01. The number of nitrogens with zero attached hydrogens (tertiary/aromatic N) is 2. The quantitative estimate of drug-likeness (QED) is 0.113. The zero-order chi connectivity index (χ0) is 42.3. The summed E-state index contributed by atoms with van der Waals surface area (Å²) in [6.07, 6.45) is 0. The van der Waals surface area contributed by atoms with Crippen LogP contribution in [0.2, 0.25) is 0 Å². The molecule has 0 N–H and O–H groups in total. The van der Waals surface area contributed by atoms with Gasteiger partial charge in [0.2, 0.25) is 0 Å². The maximum absolute atomic E-state index is 3.31.